The molecule has 1 saturated heterocycles. The summed E-state index contributed by atoms with van der Waals surface area (Å²) < 4.78 is 5.27. The molecule has 60 valence electrons. The molecule has 1 aliphatic heterocycles. The molecule has 0 spiro atoms. The summed E-state index contributed by atoms with van der Waals surface area (Å²) in [6.07, 6.45) is 2.97. The van der Waals surface area contributed by atoms with Crippen LogP contribution >= 0.6 is 0 Å². The largest absolute Gasteiger partial charge is 0.380 e. The van der Waals surface area contributed by atoms with Crippen molar-refractivity contribution in [1.29, 1.82) is 0 Å². The lowest BCUT2D eigenvalue weighted by Crippen LogP contribution is -2.41. The van der Waals surface area contributed by atoms with Gasteiger partial charge in [0.15, 0.2) is 0 Å². The average Bonchev–Trinajstić information content (AvgIpc) is 1.95. The van der Waals surface area contributed by atoms with Gasteiger partial charge in [0.25, 0.3) is 0 Å². The van der Waals surface area contributed by atoms with Crippen LogP contribution in [0.25, 0.3) is 0 Å². The molecule has 0 aromatic rings. The fraction of sp³-hybridized carbons (Fsp3) is 1.00. The van der Waals surface area contributed by atoms with Crippen LogP contribution in [0.15, 0.2) is 0 Å². The van der Waals surface area contributed by atoms with Crippen LogP contribution in [0.4, 0.5) is 0 Å². The van der Waals surface area contributed by atoms with E-state index in [9.17, 15) is 0 Å². The highest BCUT2D eigenvalue weighted by Crippen LogP contribution is 2.16. The molecule has 1 rings (SSSR count). The summed E-state index contributed by atoms with van der Waals surface area (Å²) in [4.78, 5) is 2.36. The standard InChI is InChI=1S/C8H17NO/c1-7-4-5-8(10-3)6-9(7)2/h7-8H,4-6H2,1-3H3. The maximum Gasteiger partial charge on any atom is 0.0698 e. The zero-order valence-electron chi connectivity index (χ0n) is 7.13. The molecule has 1 heterocycles. The van der Waals surface area contributed by atoms with Crippen molar-refractivity contribution in [3.05, 3.63) is 0 Å². The van der Waals surface area contributed by atoms with Crippen molar-refractivity contribution >= 4 is 0 Å². The minimum absolute atomic E-state index is 0.473. The van der Waals surface area contributed by atoms with Crippen LogP contribution in [-0.4, -0.2) is 37.7 Å². The lowest BCUT2D eigenvalue weighted by molar-refractivity contribution is 0.0212. The minimum atomic E-state index is 0.473. The van der Waals surface area contributed by atoms with Gasteiger partial charge in [0.2, 0.25) is 0 Å². The minimum Gasteiger partial charge on any atom is -0.380 e. The Morgan fingerprint density at radius 2 is 2.10 bits per heavy atom. The lowest BCUT2D eigenvalue weighted by atomic mass is 10.0. The summed E-state index contributed by atoms with van der Waals surface area (Å²) in [5.74, 6) is 0. The third kappa shape index (κ3) is 1.70. The molecule has 10 heavy (non-hydrogen) atoms. The van der Waals surface area contributed by atoms with Gasteiger partial charge < -0.3 is 9.64 Å². The van der Waals surface area contributed by atoms with Crippen LogP contribution in [0.2, 0.25) is 0 Å². The number of likely N-dealkylation sites (N-methyl/N-ethyl adjacent to an activating group) is 1. The summed E-state index contributed by atoms with van der Waals surface area (Å²) in [5.41, 5.74) is 0. The number of likely N-dealkylation sites (tertiary alicyclic amines) is 1. The van der Waals surface area contributed by atoms with E-state index in [4.69, 9.17) is 4.74 Å². The van der Waals surface area contributed by atoms with Crippen molar-refractivity contribution in [2.75, 3.05) is 20.7 Å². The molecule has 0 saturated carbocycles. The molecule has 0 aliphatic carbocycles. The Balaban J connectivity index is 2.33. The van der Waals surface area contributed by atoms with Gasteiger partial charge >= 0.3 is 0 Å². The second-order valence-corrected chi connectivity index (χ2v) is 3.22. The maximum atomic E-state index is 5.27. The molecule has 2 atom stereocenters. The van der Waals surface area contributed by atoms with E-state index >= 15 is 0 Å². The molecule has 0 aromatic carbocycles. The van der Waals surface area contributed by atoms with Gasteiger partial charge in [-0.15, -0.1) is 0 Å². The summed E-state index contributed by atoms with van der Waals surface area (Å²) >= 11 is 0. The van der Waals surface area contributed by atoms with Crippen molar-refractivity contribution in [1.82, 2.24) is 4.90 Å². The second-order valence-electron chi connectivity index (χ2n) is 3.22. The van der Waals surface area contributed by atoms with Gasteiger partial charge in [-0.05, 0) is 26.8 Å². The van der Waals surface area contributed by atoms with E-state index in [1.807, 2.05) is 0 Å². The molecule has 2 nitrogen and oxygen atoms in total. The predicted octanol–water partition coefficient (Wildman–Crippen LogP) is 1.12. The lowest BCUT2D eigenvalue weighted by Gasteiger charge is -2.34. The first kappa shape index (κ1) is 8.02. The molecule has 0 bridgehead atoms. The van der Waals surface area contributed by atoms with Crippen molar-refractivity contribution in [3.63, 3.8) is 0 Å². The van der Waals surface area contributed by atoms with Crippen molar-refractivity contribution in [2.24, 2.45) is 0 Å². The van der Waals surface area contributed by atoms with Crippen LogP contribution < -0.4 is 0 Å². The first-order valence-electron chi connectivity index (χ1n) is 3.97. The highest BCUT2D eigenvalue weighted by molar-refractivity contribution is 4.76. The Labute approximate surface area is 63.2 Å². The Hall–Kier alpha value is -0.0800. The second kappa shape index (κ2) is 3.35. The zero-order chi connectivity index (χ0) is 7.56. The molecule has 0 N–H and O–H groups in total. The molecule has 2 heteroatoms. The summed E-state index contributed by atoms with van der Waals surface area (Å²) in [7, 11) is 3.96. The molecular formula is C8H17NO. The fourth-order valence-electron chi connectivity index (χ4n) is 1.43. The number of nitrogens with zero attached hydrogens (tertiary/aromatic N) is 1. The number of ether oxygens (including phenoxy) is 1. The molecule has 1 aliphatic rings. The van der Waals surface area contributed by atoms with Crippen LogP contribution in [0.1, 0.15) is 19.8 Å². The average molecular weight is 143 g/mol. The zero-order valence-corrected chi connectivity index (χ0v) is 7.13. The Morgan fingerprint density at radius 3 is 2.60 bits per heavy atom. The number of hydrogen-bond donors (Lipinski definition) is 0. The molecule has 0 amide bonds. The third-order valence-electron chi connectivity index (χ3n) is 2.48. The number of hydrogen-bond acceptors (Lipinski definition) is 2. The van der Waals surface area contributed by atoms with Gasteiger partial charge in [-0.3, -0.25) is 0 Å². The first-order chi connectivity index (χ1) is 4.74. The molecule has 1 fully saturated rings. The molecular weight excluding hydrogens is 126 g/mol. The van der Waals surface area contributed by atoms with Crippen LogP contribution in [0.3, 0.4) is 0 Å². The molecule has 0 aromatic heterocycles. The smallest absolute Gasteiger partial charge is 0.0698 e. The van der Waals surface area contributed by atoms with Crippen molar-refractivity contribution in [3.8, 4) is 0 Å². The number of methoxy groups -OCH3 is 1. The Bertz CT molecular complexity index is 105. The highest BCUT2D eigenvalue weighted by atomic mass is 16.5. The predicted molar refractivity (Wildman–Crippen MR) is 42.1 cm³/mol. The van der Waals surface area contributed by atoms with E-state index in [1.165, 1.54) is 12.8 Å². The Morgan fingerprint density at radius 1 is 1.40 bits per heavy atom. The van der Waals surface area contributed by atoms with E-state index in [2.05, 4.69) is 18.9 Å². The molecule has 2 unspecified atom stereocenters. The summed E-state index contributed by atoms with van der Waals surface area (Å²) in [5, 5.41) is 0. The maximum absolute atomic E-state index is 5.27. The van der Waals surface area contributed by atoms with Crippen LogP contribution in [-0.2, 0) is 4.74 Å². The monoisotopic (exact) mass is 143 g/mol. The Kier molecular flexibility index (Phi) is 2.69. The van der Waals surface area contributed by atoms with Crippen molar-refractivity contribution in [2.45, 2.75) is 31.9 Å². The summed E-state index contributed by atoms with van der Waals surface area (Å²) in [6.45, 7) is 3.36. The van der Waals surface area contributed by atoms with Crippen LogP contribution in [0.5, 0.6) is 0 Å². The number of rotatable bonds is 1. The van der Waals surface area contributed by atoms with E-state index in [0.717, 1.165) is 12.6 Å². The first-order valence-corrected chi connectivity index (χ1v) is 3.97. The van der Waals surface area contributed by atoms with E-state index in [1.54, 1.807) is 7.11 Å². The molecule has 0 radical (unpaired) electrons. The van der Waals surface area contributed by atoms with Crippen molar-refractivity contribution < 1.29 is 4.74 Å². The highest BCUT2D eigenvalue weighted by Gasteiger charge is 2.21. The van der Waals surface area contributed by atoms with Gasteiger partial charge in [-0.25, -0.2) is 0 Å². The normalized spacial score (nSPS) is 36.3. The quantitative estimate of drug-likeness (QED) is 0.545. The van der Waals surface area contributed by atoms with Crippen LogP contribution in [0, 0.1) is 0 Å². The van der Waals surface area contributed by atoms with Gasteiger partial charge in [0.1, 0.15) is 0 Å². The third-order valence-corrected chi connectivity index (χ3v) is 2.48. The van der Waals surface area contributed by atoms with Gasteiger partial charge in [-0.1, -0.05) is 0 Å². The van der Waals surface area contributed by atoms with Gasteiger partial charge in [-0.2, -0.15) is 0 Å². The van der Waals surface area contributed by atoms with E-state index in [0.29, 0.717) is 6.10 Å². The van der Waals surface area contributed by atoms with Gasteiger partial charge in [0, 0.05) is 19.7 Å². The summed E-state index contributed by atoms with van der Waals surface area (Å²) in [6, 6.07) is 0.742. The fourth-order valence-corrected chi connectivity index (χ4v) is 1.43. The van der Waals surface area contributed by atoms with E-state index < -0.39 is 0 Å². The SMILES string of the molecule is COC1CCC(C)N(C)C1. The topological polar surface area (TPSA) is 12.5 Å². The van der Waals surface area contributed by atoms with Gasteiger partial charge in [0.05, 0.1) is 6.10 Å². The number of piperidine rings is 1. The van der Waals surface area contributed by atoms with E-state index in [-0.39, 0.29) is 0 Å².